The SMILES string of the molecule is CC(C)CCCC=C(C=C1Oc2cc3c(cc2N1CC(=O)O)OCO3)c1nc(-c2sc(=S)n(CC(=O)O)c2O)n(CC(=O)O)c1O. The van der Waals surface area contributed by atoms with Crippen molar-refractivity contribution in [2.45, 2.75) is 46.2 Å². The zero-order chi connectivity index (χ0) is 33.3. The zero-order valence-electron chi connectivity index (χ0n) is 24.6. The number of carboxylic acids is 3. The minimum absolute atomic E-state index is 0.00586. The first-order chi connectivity index (χ1) is 21.8. The Morgan fingerprint density at radius 1 is 0.978 bits per heavy atom. The van der Waals surface area contributed by atoms with E-state index < -0.39 is 49.3 Å². The molecule has 0 spiro atoms. The molecular formula is C29H30N4O11S2. The standard InChI is InChI=1S/C29H30N4O11S2/c1-14(2)5-3-4-6-15(7-20-31(10-21(34)35)16-8-18-19(43-13-42-18)9-17(16)44-20)24-27(40)32(11-22(36)37)26(30-24)25-28(41)33(12-23(38)39)29(45)46-25/h6-9,14,40-41H,3-5,10-13H2,1-2H3,(H,34,35)(H,36,37)(H,38,39). The summed E-state index contributed by atoms with van der Waals surface area (Å²) in [7, 11) is 0. The number of allylic oxidation sites excluding steroid dienone is 3. The van der Waals surface area contributed by atoms with Gasteiger partial charge < -0.3 is 39.7 Å². The van der Waals surface area contributed by atoms with E-state index in [-0.39, 0.29) is 38.6 Å². The van der Waals surface area contributed by atoms with Crippen molar-refractivity contribution in [1.29, 1.82) is 0 Å². The molecule has 0 bridgehead atoms. The first-order valence-electron chi connectivity index (χ1n) is 14.0. The fraction of sp³-hybridized carbons (Fsp3) is 0.345. The lowest BCUT2D eigenvalue weighted by molar-refractivity contribution is -0.138. The molecule has 0 aliphatic carbocycles. The van der Waals surface area contributed by atoms with Crippen LogP contribution in [0.1, 0.15) is 38.8 Å². The van der Waals surface area contributed by atoms with Gasteiger partial charge in [0.15, 0.2) is 27.0 Å². The average Bonchev–Trinajstić information content (AvgIpc) is 3.71. The number of hydrogen-bond donors (Lipinski definition) is 5. The van der Waals surface area contributed by atoms with Gasteiger partial charge in [0, 0.05) is 23.8 Å². The van der Waals surface area contributed by atoms with Gasteiger partial charge in [0.05, 0.1) is 5.69 Å². The maximum Gasteiger partial charge on any atom is 0.323 e. The Bertz CT molecular complexity index is 1840. The van der Waals surface area contributed by atoms with Crippen LogP contribution in [0.2, 0.25) is 0 Å². The van der Waals surface area contributed by atoms with E-state index in [0.29, 0.717) is 35.3 Å². The van der Waals surface area contributed by atoms with Crippen LogP contribution in [0.3, 0.4) is 0 Å². The summed E-state index contributed by atoms with van der Waals surface area (Å²) in [5, 5.41) is 50.9. The number of aliphatic carboxylic acids is 3. The minimum Gasteiger partial charge on any atom is -0.493 e. The molecule has 15 nitrogen and oxygen atoms in total. The molecule has 2 aliphatic heterocycles. The molecule has 0 radical (unpaired) electrons. The Labute approximate surface area is 270 Å². The number of imidazole rings is 1. The van der Waals surface area contributed by atoms with Gasteiger partial charge in [0.1, 0.15) is 30.2 Å². The Kier molecular flexibility index (Phi) is 9.24. The third-order valence-corrected chi connectivity index (χ3v) is 8.46. The van der Waals surface area contributed by atoms with Gasteiger partial charge in [-0.3, -0.25) is 28.4 Å². The molecule has 5 rings (SSSR count). The number of fused-ring (bicyclic) bond motifs is 2. The molecule has 0 saturated carbocycles. The molecule has 46 heavy (non-hydrogen) atoms. The molecule has 5 N–H and O–H groups in total. The smallest absolute Gasteiger partial charge is 0.323 e. The van der Waals surface area contributed by atoms with Crippen LogP contribution in [0.5, 0.6) is 29.0 Å². The monoisotopic (exact) mass is 674 g/mol. The molecule has 0 saturated heterocycles. The molecule has 3 aromatic rings. The second-order valence-electron chi connectivity index (χ2n) is 10.8. The first kappa shape index (κ1) is 32.4. The number of unbranched alkanes of at least 4 members (excludes halogenated alkanes) is 1. The largest absolute Gasteiger partial charge is 0.493 e. The molecule has 17 heteroatoms. The van der Waals surface area contributed by atoms with E-state index in [2.05, 4.69) is 18.8 Å². The van der Waals surface area contributed by atoms with Crippen LogP contribution in [-0.4, -0.2) is 70.9 Å². The highest BCUT2D eigenvalue weighted by atomic mass is 32.1. The summed E-state index contributed by atoms with van der Waals surface area (Å²) in [6.45, 7) is 2.27. The average molecular weight is 675 g/mol. The molecule has 0 unspecified atom stereocenters. The highest BCUT2D eigenvalue weighted by Crippen LogP contribution is 2.48. The fourth-order valence-corrected chi connectivity index (χ4v) is 6.24. The van der Waals surface area contributed by atoms with Crippen LogP contribution in [0, 0.1) is 9.87 Å². The number of ether oxygens (including phenoxy) is 3. The van der Waals surface area contributed by atoms with Crippen LogP contribution in [0.4, 0.5) is 5.69 Å². The summed E-state index contributed by atoms with van der Waals surface area (Å²) in [5.74, 6) is -3.38. The van der Waals surface area contributed by atoms with E-state index in [1.807, 2.05) is 0 Å². The van der Waals surface area contributed by atoms with E-state index in [4.69, 9.17) is 26.4 Å². The lowest BCUT2D eigenvalue weighted by Gasteiger charge is -2.16. The number of benzene rings is 1. The van der Waals surface area contributed by atoms with Crippen molar-refractivity contribution in [1.82, 2.24) is 14.1 Å². The predicted octanol–water partition coefficient (Wildman–Crippen LogP) is 4.49. The van der Waals surface area contributed by atoms with Crippen molar-refractivity contribution in [2.75, 3.05) is 18.2 Å². The number of thiazole rings is 1. The molecule has 1 aromatic carbocycles. The van der Waals surface area contributed by atoms with Crippen molar-refractivity contribution in [3.63, 3.8) is 0 Å². The van der Waals surface area contributed by atoms with Gasteiger partial charge in [0.2, 0.25) is 24.4 Å². The van der Waals surface area contributed by atoms with Crippen molar-refractivity contribution in [2.24, 2.45) is 5.92 Å². The highest BCUT2D eigenvalue weighted by molar-refractivity contribution is 7.73. The summed E-state index contributed by atoms with van der Waals surface area (Å²) in [5.41, 5.74) is 0.599. The van der Waals surface area contributed by atoms with E-state index >= 15 is 0 Å². The van der Waals surface area contributed by atoms with Crippen molar-refractivity contribution in [3.8, 4) is 39.7 Å². The number of aromatic hydroxyl groups is 2. The van der Waals surface area contributed by atoms with Gasteiger partial charge in [0.25, 0.3) is 0 Å². The van der Waals surface area contributed by atoms with Gasteiger partial charge >= 0.3 is 17.9 Å². The van der Waals surface area contributed by atoms with E-state index in [9.17, 15) is 39.9 Å². The lowest BCUT2D eigenvalue weighted by atomic mass is 10.0. The normalized spacial score (nSPS) is 14.6. The lowest BCUT2D eigenvalue weighted by Crippen LogP contribution is -2.27. The molecular weight excluding hydrogens is 644 g/mol. The quantitative estimate of drug-likeness (QED) is 0.125. The number of hydrogen-bond acceptors (Lipinski definition) is 12. The maximum absolute atomic E-state index is 11.9. The second-order valence-corrected chi connectivity index (χ2v) is 12.5. The minimum atomic E-state index is -1.32. The predicted molar refractivity (Wildman–Crippen MR) is 166 cm³/mol. The number of anilines is 1. The Hall–Kier alpha value is -5.03. The molecule has 0 atom stereocenters. The number of carboxylic acid groups (broad SMARTS) is 3. The number of aromatic nitrogens is 3. The molecule has 0 amide bonds. The van der Waals surface area contributed by atoms with E-state index in [0.717, 1.165) is 33.3 Å². The molecule has 0 fully saturated rings. The van der Waals surface area contributed by atoms with E-state index in [1.54, 1.807) is 18.2 Å². The maximum atomic E-state index is 11.9. The second kappa shape index (κ2) is 13.1. The number of carbonyl (C=O) groups is 3. The molecule has 4 heterocycles. The van der Waals surface area contributed by atoms with Gasteiger partial charge in [-0.1, -0.05) is 37.7 Å². The van der Waals surface area contributed by atoms with Crippen molar-refractivity contribution < 1.29 is 54.1 Å². The number of nitrogens with zero attached hydrogens (tertiary/aromatic N) is 4. The van der Waals surface area contributed by atoms with Crippen molar-refractivity contribution >= 4 is 52.7 Å². The van der Waals surface area contributed by atoms with Crippen molar-refractivity contribution in [3.05, 3.63) is 39.8 Å². The Morgan fingerprint density at radius 2 is 1.63 bits per heavy atom. The summed E-state index contributed by atoms with van der Waals surface area (Å²) in [4.78, 5) is 41.0. The molecule has 2 aromatic heterocycles. The van der Waals surface area contributed by atoms with Gasteiger partial charge in [-0.05, 0) is 31.0 Å². The fourth-order valence-electron chi connectivity index (χ4n) is 4.95. The zero-order valence-corrected chi connectivity index (χ0v) is 26.3. The van der Waals surface area contributed by atoms with Crippen LogP contribution in [0.25, 0.3) is 16.3 Å². The summed E-state index contributed by atoms with van der Waals surface area (Å²) < 4.78 is 18.9. The Balaban J connectivity index is 1.65. The van der Waals surface area contributed by atoms with Crippen LogP contribution in [-0.2, 0) is 27.5 Å². The van der Waals surface area contributed by atoms with Crippen LogP contribution < -0.4 is 19.1 Å². The summed E-state index contributed by atoms with van der Waals surface area (Å²) >= 11 is 6.03. The van der Waals surface area contributed by atoms with Crippen LogP contribution in [0.15, 0.2) is 30.2 Å². The first-order valence-corrected chi connectivity index (χ1v) is 15.3. The summed E-state index contributed by atoms with van der Waals surface area (Å²) in [6.07, 6.45) is 5.41. The molecule has 2 aliphatic rings. The Morgan fingerprint density at radius 3 is 2.28 bits per heavy atom. The highest BCUT2D eigenvalue weighted by Gasteiger charge is 2.33. The third kappa shape index (κ3) is 6.64. The van der Waals surface area contributed by atoms with Crippen LogP contribution >= 0.6 is 23.6 Å². The van der Waals surface area contributed by atoms with E-state index in [1.165, 1.54) is 11.0 Å². The van der Waals surface area contributed by atoms with Gasteiger partial charge in [-0.25, -0.2) is 4.98 Å². The number of rotatable bonds is 13. The third-order valence-electron chi connectivity index (χ3n) is 7.02. The topological polar surface area (TPSA) is 206 Å². The van der Waals surface area contributed by atoms with Gasteiger partial charge in [-0.2, -0.15) is 0 Å². The molecule has 244 valence electrons. The summed E-state index contributed by atoms with van der Waals surface area (Å²) in [6, 6.07) is 3.18. The van der Waals surface area contributed by atoms with Gasteiger partial charge in [-0.15, -0.1) is 0 Å².